The first-order valence-electron chi connectivity index (χ1n) is 8.07. The lowest BCUT2D eigenvalue weighted by Crippen LogP contribution is -2.39. The van der Waals surface area contributed by atoms with Gasteiger partial charge in [0.1, 0.15) is 5.75 Å². The molecule has 1 aromatic heterocycles. The molecule has 2 N–H and O–H groups in total. The molecule has 0 aliphatic carbocycles. The Bertz CT molecular complexity index is 815. The number of carbonyl (C=O) groups is 2. The highest BCUT2D eigenvalue weighted by molar-refractivity contribution is 5.92. The zero-order chi connectivity index (χ0) is 18.0. The predicted octanol–water partition coefficient (Wildman–Crippen LogP) is 2.11. The molecule has 0 spiro atoms. The van der Waals surface area contributed by atoms with E-state index >= 15 is 0 Å². The van der Waals surface area contributed by atoms with Crippen LogP contribution in [0.15, 0.2) is 24.3 Å². The lowest BCUT2D eigenvalue weighted by Gasteiger charge is -2.28. The van der Waals surface area contributed by atoms with Crippen molar-refractivity contribution < 1.29 is 19.4 Å². The topological polar surface area (TPSA) is 96.7 Å². The molecule has 1 aliphatic rings. The number of anilines is 1. The molecule has 2 heterocycles. The Morgan fingerprint density at radius 2 is 2.12 bits per heavy atom. The fourth-order valence-corrected chi connectivity index (χ4v) is 2.98. The number of carbonyl (C=O) groups excluding carboxylic acids is 1. The monoisotopic (exact) mass is 344 g/mol. The number of carboxylic acid groups (broad SMARTS) is 1. The van der Waals surface area contributed by atoms with Crippen LogP contribution in [0.4, 0.5) is 10.5 Å². The van der Waals surface area contributed by atoms with Crippen molar-refractivity contribution in [3.05, 3.63) is 41.2 Å². The van der Waals surface area contributed by atoms with Crippen molar-refractivity contribution in [2.45, 2.75) is 19.9 Å². The molecule has 2 amide bonds. The largest absolute Gasteiger partial charge is 0.492 e. The van der Waals surface area contributed by atoms with Crippen molar-refractivity contribution in [2.75, 3.05) is 18.5 Å². The van der Waals surface area contributed by atoms with E-state index in [1.807, 2.05) is 19.1 Å². The van der Waals surface area contributed by atoms with E-state index in [1.54, 1.807) is 28.8 Å². The maximum absolute atomic E-state index is 12.6. The highest BCUT2D eigenvalue weighted by Gasteiger charge is 2.29. The molecule has 25 heavy (non-hydrogen) atoms. The highest BCUT2D eigenvalue weighted by atomic mass is 16.5. The molecule has 0 radical (unpaired) electrons. The third-order valence-corrected chi connectivity index (χ3v) is 4.16. The lowest BCUT2D eigenvalue weighted by molar-refractivity contribution is 0.0687. The number of nitrogens with one attached hydrogen (secondary N) is 1. The summed E-state index contributed by atoms with van der Waals surface area (Å²) in [5.41, 5.74) is 2.04. The van der Waals surface area contributed by atoms with Crippen LogP contribution < -0.4 is 10.1 Å². The summed E-state index contributed by atoms with van der Waals surface area (Å²) in [5.74, 6) is -0.482. The van der Waals surface area contributed by atoms with Crippen LogP contribution in [0.2, 0.25) is 0 Å². The third kappa shape index (κ3) is 3.28. The van der Waals surface area contributed by atoms with Crippen molar-refractivity contribution in [1.82, 2.24) is 14.7 Å². The summed E-state index contributed by atoms with van der Waals surface area (Å²) in [6, 6.07) is 6.92. The van der Waals surface area contributed by atoms with Gasteiger partial charge in [-0.2, -0.15) is 5.10 Å². The van der Waals surface area contributed by atoms with Gasteiger partial charge in [0.2, 0.25) is 0 Å². The van der Waals surface area contributed by atoms with Gasteiger partial charge in [-0.15, -0.1) is 0 Å². The second-order valence-electron chi connectivity index (χ2n) is 5.73. The van der Waals surface area contributed by atoms with Crippen molar-refractivity contribution in [2.24, 2.45) is 7.05 Å². The van der Waals surface area contributed by atoms with E-state index in [2.05, 4.69) is 10.4 Å². The molecule has 2 aromatic rings. The molecule has 132 valence electrons. The van der Waals surface area contributed by atoms with E-state index in [9.17, 15) is 14.7 Å². The number of para-hydroxylation sites is 2. The van der Waals surface area contributed by atoms with E-state index < -0.39 is 5.97 Å². The molecule has 8 heteroatoms. The Morgan fingerprint density at radius 3 is 2.84 bits per heavy atom. The predicted molar refractivity (Wildman–Crippen MR) is 90.9 cm³/mol. The van der Waals surface area contributed by atoms with Gasteiger partial charge in [-0.1, -0.05) is 12.1 Å². The van der Waals surface area contributed by atoms with Gasteiger partial charge >= 0.3 is 12.0 Å². The van der Waals surface area contributed by atoms with Gasteiger partial charge in [-0.05, 0) is 19.1 Å². The Labute approximate surface area is 145 Å². The van der Waals surface area contributed by atoms with Crippen LogP contribution in [0.3, 0.4) is 0 Å². The summed E-state index contributed by atoms with van der Waals surface area (Å²) < 4.78 is 7.09. The first-order valence-corrected chi connectivity index (χ1v) is 8.07. The smallest absolute Gasteiger partial charge is 0.356 e. The molecule has 0 bridgehead atoms. The zero-order valence-electron chi connectivity index (χ0n) is 14.2. The van der Waals surface area contributed by atoms with E-state index in [1.165, 1.54) is 0 Å². The Hall–Kier alpha value is -3.03. The lowest BCUT2D eigenvalue weighted by atomic mass is 10.1. The van der Waals surface area contributed by atoms with Gasteiger partial charge in [-0.25, -0.2) is 9.59 Å². The van der Waals surface area contributed by atoms with Crippen LogP contribution in [0, 0.1) is 0 Å². The molecule has 8 nitrogen and oxygen atoms in total. The van der Waals surface area contributed by atoms with Crippen molar-refractivity contribution in [3.8, 4) is 5.75 Å². The molecular formula is C17H20N4O4. The molecule has 3 rings (SSSR count). The molecule has 0 atom stereocenters. The fraction of sp³-hybridized carbons (Fsp3) is 0.353. The Morgan fingerprint density at radius 1 is 1.36 bits per heavy atom. The summed E-state index contributed by atoms with van der Waals surface area (Å²) in [6.45, 7) is 3.08. The van der Waals surface area contributed by atoms with Gasteiger partial charge in [0, 0.05) is 31.3 Å². The quantitative estimate of drug-likeness (QED) is 0.885. The zero-order valence-corrected chi connectivity index (χ0v) is 14.2. The van der Waals surface area contributed by atoms with Gasteiger partial charge in [0.25, 0.3) is 0 Å². The number of hydrogen-bond acceptors (Lipinski definition) is 4. The van der Waals surface area contributed by atoms with E-state index in [-0.39, 0.29) is 18.3 Å². The second-order valence-corrected chi connectivity index (χ2v) is 5.73. The number of carboxylic acids is 1. The van der Waals surface area contributed by atoms with Crippen molar-refractivity contribution >= 4 is 17.7 Å². The second kappa shape index (κ2) is 6.84. The minimum Gasteiger partial charge on any atom is -0.492 e. The minimum absolute atomic E-state index is 0.00437. The van der Waals surface area contributed by atoms with Crippen LogP contribution in [0.1, 0.15) is 28.7 Å². The number of rotatable bonds is 4. The first kappa shape index (κ1) is 16.8. The molecule has 0 saturated heterocycles. The summed E-state index contributed by atoms with van der Waals surface area (Å²) in [4.78, 5) is 25.5. The van der Waals surface area contributed by atoms with Gasteiger partial charge in [0.05, 0.1) is 18.8 Å². The minimum atomic E-state index is -1.08. The number of aromatic carboxylic acids is 1. The number of aromatic nitrogens is 2. The maximum atomic E-state index is 12.6. The van der Waals surface area contributed by atoms with Crippen molar-refractivity contribution in [3.63, 3.8) is 0 Å². The Kier molecular flexibility index (Phi) is 4.60. The number of hydrogen-bond donors (Lipinski definition) is 2. The molecule has 0 unspecified atom stereocenters. The number of urea groups is 1. The van der Waals surface area contributed by atoms with Crippen LogP contribution in [0.25, 0.3) is 0 Å². The van der Waals surface area contributed by atoms with E-state index in [0.29, 0.717) is 36.6 Å². The van der Waals surface area contributed by atoms with Crippen molar-refractivity contribution in [1.29, 1.82) is 0 Å². The molecule has 0 fully saturated rings. The van der Waals surface area contributed by atoms with Crippen LogP contribution in [-0.2, 0) is 20.0 Å². The summed E-state index contributed by atoms with van der Waals surface area (Å²) in [6.07, 6.45) is 0.562. The molecule has 1 aromatic carbocycles. The number of benzene rings is 1. The van der Waals surface area contributed by atoms with E-state index in [4.69, 9.17) is 4.74 Å². The highest BCUT2D eigenvalue weighted by Crippen LogP contribution is 2.26. The number of amides is 2. The Balaban J connectivity index is 1.78. The molecule has 0 saturated carbocycles. The van der Waals surface area contributed by atoms with Gasteiger partial charge in [0.15, 0.2) is 5.69 Å². The average Bonchev–Trinajstić information content (AvgIpc) is 2.93. The molecule has 1 aliphatic heterocycles. The summed E-state index contributed by atoms with van der Waals surface area (Å²) in [7, 11) is 1.72. The normalized spacial score (nSPS) is 13.3. The number of ether oxygens (including phenoxy) is 1. The van der Waals surface area contributed by atoms with Crippen LogP contribution in [-0.4, -0.2) is 44.9 Å². The maximum Gasteiger partial charge on any atom is 0.356 e. The van der Waals surface area contributed by atoms with Gasteiger partial charge < -0.3 is 20.1 Å². The first-order chi connectivity index (χ1) is 12.0. The number of nitrogens with zero attached hydrogens (tertiary/aromatic N) is 3. The summed E-state index contributed by atoms with van der Waals surface area (Å²) in [5, 5.41) is 16.2. The van der Waals surface area contributed by atoms with Crippen LogP contribution >= 0.6 is 0 Å². The third-order valence-electron chi connectivity index (χ3n) is 4.16. The van der Waals surface area contributed by atoms with E-state index in [0.717, 1.165) is 5.69 Å². The number of aryl methyl sites for hydroxylation is 1. The fourth-order valence-electron chi connectivity index (χ4n) is 2.98. The van der Waals surface area contributed by atoms with Crippen LogP contribution in [0.5, 0.6) is 5.75 Å². The standard InChI is InChI=1S/C17H20N4O4/c1-3-25-14-7-5-4-6-12(14)18-17(24)21-9-8-13-11(10-21)15(16(22)23)19-20(13)2/h4-7H,3,8-10H2,1-2H3,(H,18,24)(H,22,23). The molecular weight excluding hydrogens is 324 g/mol. The summed E-state index contributed by atoms with van der Waals surface area (Å²) >= 11 is 0. The SMILES string of the molecule is CCOc1ccccc1NC(=O)N1CCc2c(c(C(=O)O)nn2C)C1. The number of fused-ring (bicyclic) bond motifs is 1. The average molecular weight is 344 g/mol. The van der Waals surface area contributed by atoms with Gasteiger partial charge in [-0.3, -0.25) is 4.68 Å².